The summed E-state index contributed by atoms with van der Waals surface area (Å²) in [6.45, 7) is 2.40. The molecule has 2 rings (SSSR count). The molecule has 1 amide bonds. The summed E-state index contributed by atoms with van der Waals surface area (Å²) >= 11 is 4.78. The molecule has 0 atom stereocenters. The Hall–Kier alpha value is -1.60. The van der Waals surface area contributed by atoms with E-state index in [9.17, 15) is 4.79 Å². The lowest BCUT2D eigenvalue weighted by Crippen LogP contribution is -2.28. The highest BCUT2D eigenvalue weighted by Crippen LogP contribution is 2.19. The molecule has 0 radical (unpaired) electrons. The number of aryl methyl sites for hydroxylation is 1. The van der Waals surface area contributed by atoms with Crippen LogP contribution in [0.15, 0.2) is 40.0 Å². The molecule has 0 spiro atoms. The first-order chi connectivity index (χ1) is 10.5. The van der Waals surface area contributed by atoms with Crippen molar-refractivity contribution in [3.05, 3.63) is 46.1 Å². The van der Waals surface area contributed by atoms with Crippen LogP contribution in [-0.4, -0.2) is 33.6 Å². The molecule has 22 heavy (non-hydrogen) atoms. The first-order valence-corrected chi connectivity index (χ1v) is 8.45. The van der Waals surface area contributed by atoms with Crippen LogP contribution in [0, 0.1) is 6.92 Å². The number of halogens is 1. The van der Waals surface area contributed by atoms with Crippen LogP contribution in [0.4, 0.5) is 5.82 Å². The third-order valence-corrected chi connectivity index (χ3v) is 4.58. The van der Waals surface area contributed by atoms with E-state index in [1.165, 1.54) is 11.8 Å². The zero-order valence-electron chi connectivity index (χ0n) is 12.4. The maximum atomic E-state index is 12.2. The van der Waals surface area contributed by atoms with Crippen molar-refractivity contribution in [2.24, 2.45) is 0 Å². The summed E-state index contributed by atoms with van der Waals surface area (Å²) in [7, 11) is 1.79. The fourth-order valence-corrected chi connectivity index (χ4v) is 3.10. The minimum absolute atomic E-state index is 0.0180. The number of hydrogen-bond acceptors (Lipinski definition) is 5. The molecule has 1 aromatic carbocycles. The quantitative estimate of drug-likeness (QED) is 0.637. The van der Waals surface area contributed by atoms with Crippen molar-refractivity contribution in [3.8, 4) is 0 Å². The van der Waals surface area contributed by atoms with Gasteiger partial charge in [0.15, 0.2) is 5.16 Å². The Morgan fingerprint density at radius 3 is 2.77 bits per heavy atom. The van der Waals surface area contributed by atoms with Gasteiger partial charge in [0.2, 0.25) is 5.91 Å². The molecule has 0 aliphatic rings. The van der Waals surface area contributed by atoms with Crippen molar-refractivity contribution in [3.63, 3.8) is 0 Å². The second-order valence-electron chi connectivity index (χ2n) is 4.85. The average Bonchev–Trinajstić information content (AvgIpc) is 2.46. The number of nitrogens with two attached hydrogens (primary N) is 1. The zero-order valence-corrected chi connectivity index (χ0v) is 14.8. The van der Waals surface area contributed by atoms with E-state index in [0.717, 1.165) is 15.7 Å². The number of rotatable bonds is 5. The van der Waals surface area contributed by atoms with Crippen molar-refractivity contribution in [1.29, 1.82) is 0 Å². The smallest absolute Gasteiger partial charge is 0.233 e. The number of benzene rings is 1. The molecule has 2 N–H and O–H groups in total. The van der Waals surface area contributed by atoms with Crippen molar-refractivity contribution in [2.75, 3.05) is 18.5 Å². The van der Waals surface area contributed by atoms with Crippen LogP contribution in [-0.2, 0) is 11.3 Å². The molecular weight excluding hydrogens is 364 g/mol. The summed E-state index contributed by atoms with van der Waals surface area (Å²) < 4.78 is 0.997. The van der Waals surface area contributed by atoms with Gasteiger partial charge in [0.1, 0.15) is 5.82 Å². The average molecular weight is 381 g/mol. The molecule has 0 unspecified atom stereocenters. The van der Waals surface area contributed by atoms with Crippen molar-refractivity contribution >= 4 is 39.4 Å². The van der Waals surface area contributed by atoms with Crippen LogP contribution in [0.5, 0.6) is 0 Å². The summed E-state index contributed by atoms with van der Waals surface area (Å²) in [6.07, 6.45) is 0. The fraction of sp³-hybridized carbons (Fsp3) is 0.267. The van der Waals surface area contributed by atoms with Crippen LogP contribution in [0.2, 0.25) is 0 Å². The van der Waals surface area contributed by atoms with Crippen LogP contribution >= 0.6 is 27.7 Å². The van der Waals surface area contributed by atoms with E-state index in [0.29, 0.717) is 17.5 Å². The Morgan fingerprint density at radius 2 is 2.09 bits per heavy atom. The highest BCUT2D eigenvalue weighted by Gasteiger charge is 2.12. The Morgan fingerprint density at radius 1 is 1.36 bits per heavy atom. The number of aromatic nitrogens is 2. The van der Waals surface area contributed by atoms with Gasteiger partial charge in [-0.3, -0.25) is 4.79 Å². The molecule has 116 valence electrons. The molecule has 0 saturated carbocycles. The van der Waals surface area contributed by atoms with Gasteiger partial charge in [-0.15, -0.1) is 0 Å². The number of anilines is 1. The Balaban J connectivity index is 1.93. The maximum absolute atomic E-state index is 12.2. The number of thioether (sulfide) groups is 1. The van der Waals surface area contributed by atoms with Crippen LogP contribution in [0.3, 0.4) is 0 Å². The molecule has 0 aliphatic heterocycles. The predicted octanol–water partition coefficient (Wildman–Crippen LogP) is 2.88. The molecule has 0 bridgehead atoms. The summed E-state index contributed by atoms with van der Waals surface area (Å²) in [5.74, 6) is 0.720. The van der Waals surface area contributed by atoms with E-state index >= 15 is 0 Å². The maximum Gasteiger partial charge on any atom is 0.233 e. The monoisotopic (exact) mass is 380 g/mol. The van der Waals surface area contributed by atoms with E-state index < -0.39 is 0 Å². The van der Waals surface area contributed by atoms with Crippen LogP contribution in [0.25, 0.3) is 0 Å². The molecular formula is C15H17BrN4OS. The van der Waals surface area contributed by atoms with Gasteiger partial charge in [-0.25, -0.2) is 9.97 Å². The van der Waals surface area contributed by atoms with Gasteiger partial charge >= 0.3 is 0 Å². The lowest BCUT2D eigenvalue weighted by atomic mass is 10.2. The van der Waals surface area contributed by atoms with Gasteiger partial charge in [0, 0.05) is 29.8 Å². The number of amides is 1. The minimum Gasteiger partial charge on any atom is -0.384 e. The second-order valence-corrected chi connectivity index (χ2v) is 6.64. The van der Waals surface area contributed by atoms with E-state index in [1.54, 1.807) is 18.0 Å². The predicted molar refractivity (Wildman–Crippen MR) is 92.5 cm³/mol. The first kappa shape index (κ1) is 16.8. The van der Waals surface area contributed by atoms with Crippen molar-refractivity contribution in [1.82, 2.24) is 14.9 Å². The fourth-order valence-electron chi connectivity index (χ4n) is 1.84. The summed E-state index contributed by atoms with van der Waals surface area (Å²) in [5, 5.41) is 0.528. The molecule has 0 saturated heterocycles. The number of carbonyl (C=O) groups excluding carboxylic acids is 1. The Labute approximate surface area is 142 Å². The Bertz CT molecular complexity index is 660. The molecule has 5 nitrogen and oxygen atoms in total. The van der Waals surface area contributed by atoms with E-state index in [1.807, 2.05) is 31.2 Å². The van der Waals surface area contributed by atoms with Gasteiger partial charge in [0.05, 0.1) is 5.75 Å². The third kappa shape index (κ3) is 4.71. The summed E-state index contributed by atoms with van der Waals surface area (Å²) in [5.41, 5.74) is 7.54. The topological polar surface area (TPSA) is 72.1 Å². The van der Waals surface area contributed by atoms with E-state index in [-0.39, 0.29) is 11.7 Å². The Kier molecular flexibility index (Phi) is 5.79. The van der Waals surface area contributed by atoms with Gasteiger partial charge in [0.25, 0.3) is 0 Å². The van der Waals surface area contributed by atoms with Gasteiger partial charge in [-0.1, -0.05) is 45.9 Å². The molecule has 0 aliphatic carbocycles. The van der Waals surface area contributed by atoms with Crippen molar-refractivity contribution in [2.45, 2.75) is 18.6 Å². The third-order valence-electron chi connectivity index (χ3n) is 2.97. The highest BCUT2D eigenvalue weighted by molar-refractivity contribution is 9.10. The largest absolute Gasteiger partial charge is 0.384 e. The highest BCUT2D eigenvalue weighted by atomic mass is 79.9. The summed E-state index contributed by atoms with van der Waals surface area (Å²) in [6, 6.07) is 9.56. The molecule has 1 aromatic heterocycles. The molecule has 1 heterocycles. The van der Waals surface area contributed by atoms with Gasteiger partial charge in [-0.05, 0) is 18.6 Å². The SMILES string of the molecule is Cc1cc(N)nc(SCC(=O)N(C)Cc2ccccc2Br)n1. The number of hydrogen-bond donors (Lipinski definition) is 1. The first-order valence-electron chi connectivity index (χ1n) is 6.67. The number of carbonyl (C=O) groups is 1. The summed E-state index contributed by atoms with van der Waals surface area (Å²) in [4.78, 5) is 22.3. The molecule has 0 fully saturated rings. The van der Waals surface area contributed by atoms with Crippen molar-refractivity contribution < 1.29 is 4.79 Å². The lowest BCUT2D eigenvalue weighted by molar-refractivity contribution is -0.127. The number of nitrogens with zero attached hydrogens (tertiary/aromatic N) is 3. The molecule has 7 heteroatoms. The number of nitrogen functional groups attached to an aromatic ring is 1. The second kappa shape index (κ2) is 7.60. The molecule has 2 aromatic rings. The lowest BCUT2D eigenvalue weighted by Gasteiger charge is -2.17. The van der Waals surface area contributed by atoms with E-state index in [4.69, 9.17) is 5.73 Å². The van der Waals surface area contributed by atoms with Crippen LogP contribution in [0.1, 0.15) is 11.3 Å². The van der Waals surface area contributed by atoms with Crippen LogP contribution < -0.4 is 5.73 Å². The standard InChI is InChI=1S/C15H17BrN4OS/c1-10-7-13(17)19-15(18-10)22-9-14(21)20(2)8-11-5-3-4-6-12(11)16/h3-7H,8-9H2,1-2H3,(H2,17,18,19). The van der Waals surface area contributed by atoms with Gasteiger partial charge < -0.3 is 10.6 Å². The van der Waals surface area contributed by atoms with Gasteiger partial charge in [-0.2, -0.15) is 0 Å². The normalized spacial score (nSPS) is 10.5. The zero-order chi connectivity index (χ0) is 16.1. The minimum atomic E-state index is 0.0180. The van der Waals surface area contributed by atoms with E-state index in [2.05, 4.69) is 25.9 Å².